The van der Waals surface area contributed by atoms with Crippen molar-refractivity contribution in [2.75, 3.05) is 13.7 Å². The third kappa shape index (κ3) is 3.00. The van der Waals surface area contributed by atoms with E-state index in [4.69, 9.17) is 21.1 Å². The van der Waals surface area contributed by atoms with Gasteiger partial charge in [-0.25, -0.2) is 0 Å². The van der Waals surface area contributed by atoms with Crippen molar-refractivity contribution in [1.82, 2.24) is 4.57 Å². The molecule has 0 aliphatic carbocycles. The predicted octanol–water partition coefficient (Wildman–Crippen LogP) is 2.93. The summed E-state index contributed by atoms with van der Waals surface area (Å²) in [4.78, 5) is 11.3. The molecule has 0 unspecified atom stereocenters. The number of halogens is 1. The first-order chi connectivity index (χ1) is 12.1. The van der Waals surface area contributed by atoms with Gasteiger partial charge in [0, 0.05) is 10.1 Å². The van der Waals surface area contributed by atoms with Crippen molar-refractivity contribution in [1.29, 1.82) is 0 Å². The monoisotopic (exact) mass is 361 g/mol. The molecule has 7 heteroatoms. The van der Waals surface area contributed by atoms with E-state index in [-0.39, 0.29) is 11.6 Å². The molecule has 0 aliphatic rings. The quantitative estimate of drug-likeness (QED) is 0.708. The average molecular weight is 362 g/mol. The molecule has 1 heterocycles. The number of rotatable bonds is 6. The lowest BCUT2D eigenvalue weighted by atomic mass is 10.2. The largest absolute Gasteiger partial charge is 0.493 e. The van der Waals surface area contributed by atoms with E-state index >= 15 is 0 Å². The minimum Gasteiger partial charge on any atom is -0.493 e. The third-order valence-electron chi connectivity index (χ3n) is 3.98. The van der Waals surface area contributed by atoms with Gasteiger partial charge in [-0.3, -0.25) is 0 Å². The third-order valence-corrected chi connectivity index (χ3v) is 4.28. The lowest BCUT2D eigenvalue weighted by Crippen LogP contribution is -2.55. The Kier molecular flexibility index (Phi) is 4.81. The molecule has 3 rings (SSSR count). The molecule has 0 spiro atoms. The number of ether oxygens (including phenoxy) is 2. The summed E-state index contributed by atoms with van der Waals surface area (Å²) < 4.78 is 12.5. The minimum atomic E-state index is -0.161. The van der Waals surface area contributed by atoms with Crippen LogP contribution in [0.5, 0.6) is 17.4 Å². The number of methoxy groups -OCH3 is 1. The van der Waals surface area contributed by atoms with Crippen LogP contribution in [0.3, 0.4) is 0 Å². The first-order valence-corrected chi connectivity index (χ1v) is 8.16. The summed E-state index contributed by atoms with van der Waals surface area (Å²) in [5.41, 5.74) is 1.56. The standard InChI is InChI=1S/C18H17ClN2O4/c1-3-25-14-8-7-11(9-15(14)24-2)10-21-17-12(5-4-6-13(17)19)16(20-23)18(21)22/h4-9,22H,3,10H2,1-2H3/p+1. The van der Waals surface area contributed by atoms with Crippen LogP contribution in [0, 0.1) is 4.91 Å². The van der Waals surface area contributed by atoms with Crippen molar-refractivity contribution in [3.8, 4) is 17.4 Å². The van der Waals surface area contributed by atoms with Gasteiger partial charge in [-0.2, -0.15) is 0 Å². The Bertz CT molecular complexity index is 936. The van der Waals surface area contributed by atoms with Gasteiger partial charge in [0.15, 0.2) is 11.5 Å². The van der Waals surface area contributed by atoms with Crippen LogP contribution in [-0.4, -0.2) is 23.4 Å². The Balaban J connectivity index is 2.09. The number of aromatic hydroxyl groups is 1. The number of hydrogen-bond acceptors (Lipinski definition) is 4. The summed E-state index contributed by atoms with van der Waals surface area (Å²) in [5.74, 6) is 1.09. The van der Waals surface area contributed by atoms with Gasteiger partial charge in [0.25, 0.3) is 5.88 Å². The van der Waals surface area contributed by atoms with Crippen molar-refractivity contribution in [3.05, 3.63) is 51.9 Å². The van der Waals surface area contributed by atoms with E-state index < -0.39 is 0 Å². The maximum Gasteiger partial charge on any atom is 0.322 e. The van der Waals surface area contributed by atoms with E-state index in [1.165, 1.54) is 0 Å². The number of aromatic nitrogens is 1. The number of benzene rings is 2. The second kappa shape index (κ2) is 7.03. The molecule has 2 N–H and O–H groups in total. The predicted molar refractivity (Wildman–Crippen MR) is 95.9 cm³/mol. The topological polar surface area (TPSA) is 74.7 Å². The van der Waals surface area contributed by atoms with Crippen molar-refractivity contribution in [2.24, 2.45) is 0 Å². The molecular weight excluding hydrogens is 344 g/mol. The van der Waals surface area contributed by atoms with E-state index in [1.807, 2.05) is 25.1 Å². The smallest absolute Gasteiger partial charge is 0.322 e. The summed E-state index contributed by atoms with van der Waals surface area (Å²) in [6.45, 7) is 2.75. The van der Waals surface area contributed by atoms with Gasteiger partial charge in [0.05, 0.1) is 36.2 Å². The summed E-state index contributed by atoms with van der Waals surface area (Å²) in [6.07, 6.45) is 0. The first kappa shape index (κ1) is 17.1. The number of para-hydroxylation sites is 1. The van der Waals surface area contributed by atoms with E-state index in [1.54, 1.807) is 35.1 Å². The molecule has 0 amide bonds. The lowest BCUT2D eigenvalue weighted by molar-refractivity contribution is -0.378. The van der Waals surface area contributed by atoms with Gasteiger partial charge in [0.1, 0.15) is 0 Å². The fraction of sp³-hybridized carbons (Fsp3) is 0.222. The fourth-order valence-electron chi connectivity index (χ4n) is 2.87. The van der Waals surface area contributed by atoms with E-state index in [9.17, 15) is 10.0 Å². The number of nitrogens with one attached hydrogen (secondary N) is 1. The average Bonchev–Trinajstić information content (AvgIpc) is 2.89. The molecule has 0 aliphatic heterocycles. The van der Waals surface area contributed by atoms with Crippen LogP contribution in [0.1, 0.15) is 12.5 Å². The van der Waals surface area contributed by atoms with Crippen LogP contribution in [0.4, 0.5) is 5.69 Å². The minimum absolute atomic E-state index is 0.107. The molecule has 0 saturated heterocycles. The Hall–Kier alpha value is -2.73. The summed E-state index contributed by atoms with van der Waals surface area (Å²) >= 11 is 6.29. The maximum absolute atomic E-state index is 11.3. The highest BCUT2D eigenvalue weighted by molar-refractivity contribution is 6.35. The number of nitroso groups, excluding NO2 is 1. The number of hydrogen-bond donors (Lipinski definition) is 2. The number of nitrogens with zero attached hydrogens (tertiary/aromatic N) is 1. The molecular formula is C18H18ClN2O4+. The summed E-state index contributed by atoms with van der Waals surface area (Å²) in [5, 5.41) is 13.3. The van der Waals surface area contributed by atoms with Crippen LogP contribution < -0.4 is 14.7 Å². The molecule has 0 bridgehead atoms. The van der Waals surface area contributed by atoms with Gasteiger partial charge >= 0.3 is 5.69 Å². The van der Waals surface area contributed by atoms with Crippen molar-refractivity contribution in [2.45, 2.75) is 13.5 Å². The molecule has 0 fully saturated rings. The highest BCUT2D eigenvalue weighted by Gasteiger charge is 2.24. The lowest BCUT2D eigenvalue weighted by Gasteiger charge is -2.12. The number of fused-ring (bicyclic) bond motifs is 1. The molecule has 130 valence electrons. The molecule has 1 aromatic heterocycles. The summed E-state index contributed by atoms with van der Waals surface area (Å²) in [6, 6.07) is 10.7. The molecule has 0 atom stereocenters. The zero-order valence-electron chi connectivity index (χ0n) is 13.9. The molecule has 2 aromatic carbocycles. The van der Waals surface area contributed by atoms with Gasteiger partial charge in [-0.15, -0.1) is 0 Å². The normalized spacial score (nSPS) is 10.8. The van der Waals surface area contributed by atoms with Crippen LogP contribution in [0.2, 0.25) is 5.02 Å². The molecule has 3 aromatic rings. The van der Waals surface area contributed by atoms with E-state index in [0.717, 1.165) is 5.56 Å². The highest BCUT2D eigenvalue weighted by atomic mass is 35.5. The zero-order chi connectivity index (χ0) is 18.0. The van der Waals surface area contributed by atoms with Crippen molar-refractivity contribution < 1.29 is 19.8 Å². The molecule has 25 heavy (non-hydrogen) atoms. The van der Waals surface area contributed by atoms with Crippen molar-refractivity contribution in [3.63, 3.8) is 0 Å². The maximum atomic E-state index is 11.3. The van der Waals surface area contributed by atoms with Gasteiger partial charge in [-0.1, -0.05) is 23.7 Å². The fourth-order valence-corrected chi connectivity index (χ4v) is 3.15. The second-order valence-electron chi connectivity index (χ2n) is 5.44. The highest BCUT2D eigenvalue weighted by Crippen LogP contribution is 2.37. The first-order valence-electron chi connectivity index (χ1n) is 7.78. The van der Waals surface area contributed by atoms with Gasteiger partial charge in [-0.05, 0) is 36.8 Å². The molecule has 6 nitrogen and oxygen atoms in total. The second-order valence-corrected chi connectivity index (χ2v) is 5.85. The van der Waals surface area contributed by atoms with Crippen LogP contribution in [-0.2, 0) is 6.54 Å². The molecule has 0 radical (unpaired) electrons. The summed E-state index contributed by atoms with van der Waals surface area (Å²) in [7, 11) is 1.57. The molecule has 0 saturated carbocycles. The SMILES string of the molecule is CCOc1ccc(Cn2c(O)c([NH+]=O)c3cccc(Cl)c32)cc1OC. The Morgan fingerprint density at radius 3 is 2.72 bits per heavy atom. The Morgan fingerprint density at radius 2 is 2.04 bits per heavy atom. The van der Waals surface area contributed by atoms with E-state index in [0.29, 0.717) is 40.6 Å². The zero-order valence-corrected chi connectivity index (χ0v) is 14.6. The van der Waals surface area contributed by atoms with E-state index in [2.05, 4.69) is 0 Å². The van der Waals surface area contributed by atoms with Gasteiger partial charge < -0.3 is 19.1 Å². The van der Waals surface area contributed by atoms with Gasteiger partial charge in [0.2, 0.25) is 0 Å². The Labute approximate surface area is 149 Å². The van der Waals surface area contributed by atoms with Crippen molar-refractivity contribution >= 4 is 28.2 Å². The van der Waals surface area contributed by atoms with Crippen LogP contribution in [0.15, 0.2) is 36.4 Å². The van der Waals surface area contributed by atoms with Crippen LogP contribution >= 0.6 is 11.6 Å². The van der Waals surface area contributed by atoms with Crippen LogP contribution in [0.25, 0.3) is 10.9 Å². The Morgan fingerprint density at radius 1 is 1.24 bits per heavy atom.